The lowest BCUT2D eigenvalue weighted by atomic mass is 10.1. The quantitative estimate of drug-likeness (QED) is 0.638. The van der Waals surface area contributed by atoms with Crippen LogP contribution in [0.5, 0.6) is 0 Å². The van der Waals surface area contributed by atoms with E-state index >= 15 is 0 Å². The third-order valence-electron chi connectivity index (χ3n) is 4.74. The average Bonchev–Trinajstić information content (AvgIpc) is 3.36. The summed E-state index contributed by atoms with van der Waals surface area (Å²) in [5.74, 6) is -0.794. The molecule has 1 aliphatic rings. The molecule has 142 valence electrons. The van der Waals surface area contributed by atoms with Gasteiger partial charge in [0.25, 0.3) is 11.8 Å². The van der Waals surface area contributed by atoms with Gasteiger partial charge in [-0.05, 0) is 59.8 Å². The number of aryl methyl sites for hydroxylation is 1. The van der Waals surface area contributed by atoms with Crippen LogP contribution in [0.1, 0.15) is 22.9 Å². The van der Waals surface area contributed by atoms with Gasteiger partial charge >= 0.3 is 0 Å². The summed E-state index contributed by atoms with van der Waals surface area (Å²) in [7, 11) is 0. The molecule has 0 atom stereocenters. The minimum Gasteiger partial charge on any atom is -0.350 e. The van der Waals surface area contributed by atoms with Crippen LogP contribution in [-0.2, 0) is 16.0 Å². The Kier molecular flexibility index (Phi) is 4.98. The topological polar surface area (TPSA) is 73.2 Å². The second-order valence-corrected chi connectivity index (χ2v) is 7.45. The van der Waals surface area contributed by atoms with Gasteiger partial charge in [0.2, 0.25) is 0 Å². The predicted octanol–water partition coefficient (Wildman–Crippen LogP) is 4.58. The zero-order chi connectivity index (χ0) is 20.4. The van der Waals surface area contributed by atoms with Crippen molar-refractivity contribution in [1.82, 2.24) is 0 Å². The van der Waals surface area contributed by atoms with Crippen LogP contribution in [0.3, 0.4) is 0 Å². The summed E-state index contributed by atoms with van der Waals surface area (Å²) < 4.78 is 0. The molecule has 2 amide bonds. The molecule has 3 aromatic rings. The lowest BCUT2D eigenvalue weighted by molar-refractivity contribution is -0.120. The number of nitriles is 1. The standard InChI is InChI=1S/C23H17N3O2S/c1-2-15-5-9-17(10-6-15)25-21-20(19-4-3-13-29-19)22(27)26(23(21)28)18-11-7-16(14-24)8-12-18/h3-13,25H,2H2,1H3. The Morgan fingerprint density at radius 1 is 1.00 bits per heavy atom. The van der Waals surface area contributed by atoms with Crippen LogP contribution in [0.2, 0.25) is 0 Å². The molecule has 0 fully saturated rings. The van der Waals surface area contributed by atoms with Crippen molar-refractivity contribution >= 4 is 40.1 Å². The summed E-state index contributed by atoms with van der Waals surface area (Å²) in [5, 5.41) is 14.0. The van der Waals surface area contributed by atoms with E-state index in [-0.39, 0.29) is 11.6 Å². The van der Waals surface area contributed by atoms with Gasteiger partial charge in [-0.15, -0.1) is 11.3 Å². The van der Waals surface area contributed by atoms with Crippen LogP contribution in [0.25, 0.3) is 5.57 Å². The molecule has 2 heterocycles. The molecule has 6 heteroatoms. The molecule has 0 spiro atoms. The number of amides is 2. The van der Waals surface area contributed by atoms with Gasteiger partial charge in [-0.1, -0.05) is 25.1 Å². The molecule has 0 saturated heterocycles. The predicted molar refractivity (Wildman–Crippen MR) is 114 cm³/mol. The number of hydrogen-bond acceptors (Lipinski definition) is 5. The monoisotopic (exact) mass is 399 g/mol. The molecular formula is C23H17N3O2S. The third kappa shape index (κ3) is 3.44. The van der Waals surface area contributed by atoms with Crippen LogP contribution in [0, 0.1) is 11.3 Å². The second-order valence-electron chi connectivity index (χ2n) is 6.51. The first-order valence-electron chi connectivity index (χ1n) is 9.15. The lowest BCUT2D eigenvalue weighted by Gasteiger charge is -2.15. The maximum Gasteiger partial charge on any atom is 0.282 e. The van der Waals surface area contributed by atoms with E-state index in [1.807, 2.05) is 47.8 Å². The summed E-state index contributed by atoms with van der Waals surface area (Å²) in [6.07, 6.45) is 0.924. The van der Waals surface area contributed by atoms with Gasteiger partial charge in [-0.25, -0.2) is 4.90 Å². The zero-order valence-electron chi connectivity index (χ0n) is 15.7. The fourth-order valence-electron chi connectivity index (χ4n) is 3.18. The van der Waals surface area contributed by atoms with E-state index in [1.165, 1.54) is 16.9 Å². The SMILES string of the molecule is CCc1ccc(NC2=C(c3cccs3)C(=O)N(c3ccc(C#N)cc3)C2=O)cc1. The van der Waals surface area contributed by atoms with Crippen molar-refractivity contribution in [3.63, 3.8) is 0 Å². The fraction of sp³-hybridized carbons (Fsp3) is 0.0870. The summed E-state index contributed by atoms with van der Waals surface area (Å²) in [5.41, 5.74) is 3.45. The highest BCUT2D eigenvalue weighted by Gasteiger charge is 2.40. The van der Waals surface area contributed by atoms with Gasteiger partial charge in [0.1, 0.15) is 5.70 Å². The number of carbonyl (C=O) groups is 2. The number of benzene rings is 2. The van der Waals surface area contributed by atoms with Crippen LogP contribution in [-0.4, -0.2) is 11.8 Å². The number of anilines is 2. The Bertz CT molecular complexity index is 1140. The number of nitrogens with zero attached hydrogens (tertiary/aromatic N) is 2. The van der Waals surface area contributed by atoms with Crippen molar-refractivity contribution in [1.29, 1.82) is 5.26 Å². The first-order valence-corrected chi connectivity index (χ1v) is 10.0. The van der Waals surface area contributed by atoms with Gasteiger partial charge in [0.15, 0.2) is 0 Å². The van der Waals surface area contributed by atoms with E-state index in [4.69, 9.17) is 5.26 Å². The molecule has 1 aliphatic heterocycles. The smallest absolute Gasteiger partial charge is 0.282 e. The van der Waals surface area contributed by atoms with E-state index in [0.29, 0.717) is 16.8 Å². The minimum atomic E-state index is -0.414. The number of imide groups is 1. The number of nitrogens with one attached hydrogen (secondary N) is 1. The van der Waals surface area contributed by atoms with Crippen LogP contribution in [0.15, 0.2) is 71.7 Å². The Hall–Kier alpha value is -3.69. The molecule has 29 heavy (non-hydrogen) atoms. The van der Waals surface area contributed by atoms with Crippen molar-refractivity contribution in [3.05, 3.63) is 87.7 Å². The van der Waals surface area contributed by atoms with Crippen molar-refractivity contribution in [2.75, 3.05) is 10.2 Å². The summed E-state index contributed by atoms with van der Waals surface area (Å²) in [6, 6.07) is 19.9. The summed E-state index contributed by atoms with van der Waals surface area (Å²) in [4.78, 5) is 28.3. The molecule has 0 radical (unpaired) electrons. The normalized spacial score (nSPS) is 13.7. The first kappa shape index (κ1) is 18.7. The Labute approximate surface area is 172 Å². The molecule has 4 rings (SSSR count). The van der Waals surface area contributed by atoms with E-state index in [9.17, 15) is 9.59 Å². The number of thiophene rings is 1. The van der Waals surface area contributed by atoms with Crippen LogP contribution in [0.4, 0.5) is 11.4 Å². The van der Waals surface area contributed by atoms with Crippen molar-refractivity contribution in [2.45, 2.75) is 13.3 Å². The van der Waals surface area contributed by atoms with Gasteiger partial charge in [0, 0.05) is 10.6 Å². The Morgan fingerprint density at radius 3 is 2.31 bits per heavy atom. The van der Waals surface area contributed by atoms with E-state index in [2.05, 4.69) is 12.2 Å². The number of rotatable bonds is 5. The highest BCUT2D eigenvalue weighted by molar-refractivity contribution is 7.11. The third-order valence-corrected chi connectivity index (χ3v) is 5.62. The minimum absolute atomic E-state index is 0.256. The molecular weight excluding hydrogens is 382 g/mol. The summed E-state index contributed by atoms with van der Waals surface area (Å²) >= 11 is 1.41. The molecule has 1 aromatic heterocycles. The molecule has 5 nitrogen and oxygen atoms in total. The molecule has 2 aromatic carbocycles. The van der Waals surface area contributed by atoms with E-state index in [1.54, 1.807) is 24.3 Å². The number of hydrogen-bond donors (Lipinski definition) is 1. The first-order chi connectivity index (χ1) is 14.1. The van der Waals surface area contributed by atoms with Gasteiger partial charge in [-0.2, -0.15) is 5.26 Å². The maximum atomic E-state index is 13.2. The van der Waals surface area contributed by atoms with E-state index in [0.717, 1.165) is 21.9 Å². The van der Waals surface area contributed by atoms with Crippen LogP contribution < -0.4 is 10.2 Å². The molecule has 0 aliphatic carbocycles. The fourth-order valence-corrected chi connectivity index (χ4v) is 3.95. The molecule has 1 N–H and O–H groups in total. The van der Waals surface area contributed by atoms with E-state index < -0.39 is 5.91 Å². The Morgan fingerprint density at radius 2 is 1.72 bits per heavy atom. The molecule has 0 unspecified atom stereocenters. The highest BCUT2D eigenvalue weighted by Crippen LogP contribution is 2.35. The van der Waals surface area contributed by atoms with Gasteiger partial charge < -0.3 is 5.32 Å². The summed E-state index contributed by atoms with van der Waals surface area (Å²) in [6.45, 7) is 2.08. The largest absolute Gasteiger partial charge is 0.350 e. The second kappa shape index (κ2) is 7.74. The maximum absolute atomic E-state index is 13.2. The van der Waals surface area contributed by atoms with Gasteiger partial charge in [-0.3, -0.25) is 9.59 Å². The Balaban J connectivity index is 1.74. The van der Waals surface area contributed by atoms with Crippen molar-refractivity contribution < 1.29 is 9.59 Å². The van der Waals surface area contributed by atoms with Crippen molar-refractivity contribution in [2.24, 2.45) is 0 Å². The number of carbonyl (C=O) groups excluding carboxylic acids is 2. The molecule has 0 saturated carbocycles. The van der Waals surface area contributed by atoms with Gasteiger partial charge in [0.05, 0.1) is 22.9 Å². The van der Waals surface area contributed by atoms with Crippen LogP contribution >= 0.6 is 11.3 Å². The average molecular weight is 399 g/mol. The molecule has 0 bridgehead atoms. The highest BCUT2D eigenvalue weighted by atomic mass is 32.1. The lowest BCUT2D eigenvalue weighted by Crippen LogP contribution is -2.32. The zero-order valence-corrected chi connectivity index (χ0v) is 16.5. The van der Waals surface area contributed by atoms with Crippen molar-refractivity contribution in [3.8, 4) is 6.07 Å².